The molecule has 1 heterocycles. The van der Waals surface area contributed by atoms with Crippen molar-refractivity contribution < 1.29 is 8.42 Å². The number of nitrogens with one attached hydrogen (secondary N) is 3. The first-order chi connectivity index (χ1) is 12.4. The van der Waals surface area contributed by atoms with Crippen molar-refractivity contribution >= 4 is 27.9 Å². The van der Waals surface area contributed by atoms with Crippen molar-refractivity contribution in [3.05, 3.63) is 52.6 Å². The zero-order valence-electron chi connectivity index (χ0n) is 15.3. The van der Waals surface area contributed by atoms with E-state index in [9.17, 15) is 8.42 Å². The average Bonchev–Trinajstić information content (AvgIpc) is 2.58. The number of aromatic nitrogens is 2. The van der Waals surface area contributed by atoms with Gasteiger partial charge in [0, 0.05) is 36.8 Å². The van der Waals surface area contributed by atoms with Crippen LogP contribution in [0.2, 0.25) is 0 Å². The molecule has 0 aliphatic carbocycles. The zero-order chi connectivity index (χ0) is 19.0. The van der Waals surface area contributed by atoms with Crippen LogP contribution >= 0.6 is 0 Å². The minimum absolute atomic E-state index is 0.250. The third kappa shape index (κ3) is 6.81. The van der Waals surface area contributed by atoms with Crippen LogP contribution < -0.4 is 15.4 Å². The maximum Gasteiger partial charge on any atom is 0.233 e. The van der Waals surface area contributed by atoms with Crippen molar-refractivity contribution in [3.8, 4) is 0 Å². The summed E-state index contributed by atoms with van der Waals surface area (Å²) in [6.45, 7) is 7.24. The largest absolute Gasteiger partial charge is 0.369 e. The number of anilines is 2. The second-order valence-corrected chi connectivity index (χ2v) is 7.48. The van der Waals surface area contributed by atoms with E-state index in [1.165, 1.54) is 5.41 Å². The highest BCUT2D eigenvalue weighted by atomic mass is 32.2. The van der Waals surface area contributed by atoms with Gasteiger partial charge < -0.3 is 10.6 Å². The Morgan fingerprint density at radius 1 is 1.04 bits per heavy atom. The van der Waals surface area contributed by atoms with Gasteiger partial charge in [0.1, 0.15) is 5.82 Å². The fourth-order valence-electron chi connectivity index (χ4n) is 2.17. The van der Waals surface area contributed by atoms with Crippen LogP contribution in [0.5, 0.6) is 0 Å². The van der Waals surface area contributed by atoms with Crippen LogP contribution in [0.4, 0.5) is 11.8 Å². The third-order valence-corrected chi connectivity index (χ3v) is 4.54. The molecule has 0 aliphatic rings. The Morgan fingerprint density at radius 2 is 1.77 bits per heavy atom. The topological polar surface area (TPSA) is 96.0 Å². The van der Waals surface area contributed by atoms with E-state index >= 15 is 0 Å². The van der Waals surface area contributed by atoms with E-state index in [0.717, 1.165) is 23.4 Å². The molecule has 0 radical (unpaired) electrons. The predicted molar refractivity (Wildman–Crippen MR) is 107 cm³/mol. The van der Waals surface area contributed by atoms with Gasteiger partial charge in [-0.15, -0.1) is 0 Å². The standard InChI is InChI=1S/C18H25N5O2S/c1-4-19-18-22-15(3)13-17(23-18)20-10-11-21-26(24,25)12-9-16-7-5-14(2)6-8-16/h5-9,12-13,21H,4,10-11H2,1-3H3,(H2,19,20,22,23)/b12-9+. The molecule has 3 N–H and O–H groups in total. The molecule has 2 rings (SSSR count). The first-order valence-electron chi connectivity index (χ1n) is 8.46. The summed E-state index contributed by atoms with van der Waals surface area (Å²) in [5, 5.41) is 7.33. The Hall–Kier alpha value is -2.45. The SMILES string of the molecule is CCNc1nc(C)cc(NCCNS(=O)(=O)/C=C/c2ccc(C)cc2)n1. The molecular formula is C18H25N5O2S. The molecule has 2 aromatic rings. The molecule has 0 fully saturated rings. The van der Waals surface area contributed by atoms with Crippen molar-refractivity contribution in [1.29, 1.82) is 0 Å². The lowest BCUT2D eigenvalue weighted by molar-refractivity contribution is 0.592. The van der Waals surface area contributed by atoms with Gasteiger partial charge in [-0.3, -0.25) is 0 Å². The van der Waals surface area contributed by atoms with E-state index in [-0.39, 0.29) is 6.54 Å². The highest BCUT2D eigenvalue weighted by molar-refractivity contribution is 7.92. The molecule has 1 aromatic heterocycles. The molecule has 0 saturated heterocycles. The van der Waals surface area contributed by atoms with Crippen molar-refractivity contribution in [2.45, 2.75) is 20.8 Å². The lowest BCUT2D eigenvalue weighted by Gasteiger charge is -2.09. The summed E-state index contributed by atoms with van der Waals surface area (Å²) < 4.78 is 26.6. The van der Waals surface area contributed by atoms with Gasteiger partial charge >= 0.3 is 0 Å². The van der Waals surface area contributed by atoms with E-state index in [2.05, 4.69) is 25.3 Å². The van der Waals surface area contributed by atoms with E-state index in [1.54, 1.807) is 6.08 Å². The number of hydrogen-bond donors (Lipinski definition) is 3. The van der Waals surface area contributed by atoms with Gasteiger partial charge in [0.05, 0.1) is 0 Å². The number of benzene rings is 1. The maximum atomic E-state index is 12.0. The van der Waals surface area contributed by atoms with Gasteiger partial charge in [0.2, 0.25) is 16.0 Å². The molecule has 0 unspecified atom stereocenters. The van der Waals surface area contributed by atoms with Crippen LogP contribution in [-0.2, 0) is 10.0 Å². The fraction of sp³-hybridized carbons (Fsp3) is 0.333. The van der Waals surface area contributed by atoms with E-state index in [4.69, 9.17) is 0 Å². The van der Waals surface area contributed by atoms with Crippen LogP contribution in [0.15, 0.2) is 35.7 Å². The molecule has 7 nitrogen and oxygen atoms in total. The van der Waals surface area contributed by atoms with E-state index in [1.807, 2.05) is 51.1 Å². The van der Waals surface area contributed by atoms with Crippen LogP contribution in [0.3, 0.4) is 0 Å². The van der Waals surface area contributed by atoms with Crippen molar-refractivity contribution in [3.63, 3.8) is 0 Å². The van der Waals surface area contributed by atoms with E-state index < -0.39 is 10.0 Å². The molecule has 0 amide bonds. The lowest BCUT2D eigenvalue weighted by atomic mass is 10.2. The van der Waals surface area contributed by atoms with Crippen LogP contribution in [0.25, 0.3) is 6.08 Å². The summed E-state index contributed by atoms with van der Waals surface area (Å²) in [5.41, 5.74) is 2.80. The quantitative estimate of drug-likeness (QED) is 0.583. The van der Waals surface area contributed by atoms with E-state index in [0.29, 0.717) is 18.3 Å². The fourth-order valence-corrected chi connectivity index (χ4v) is 2.99. The van der Waals surface area contributed by atoms with Crippen LogP contribution in [-0.4, -0.2) is 38.0 Å². The van der Waals surface area contributed by atoms with Crippen LogP contribution in [0.1, 0.15) is 23.7 Å². The minimum atomic E-state index is -3.48. The van der Waals surface area contributed by atoms with Gasteiger partial charge in [-0.25, -0.2) is 18.1 Å². The Morgan fingerprint density at radius 3 is 2.46 bits per heavy atom. The summed E-state index contributed by atoms with van der Waals surface area (Å²) in [4.78, 5) is 8.58. The van der Waals surface area contributed by atoms with Gasteiger partial charge in [-0.2, -0.15) is 4.98 Å². The first kappa shape index (κ1) is 19.9. The van der Waals surface area contributed by atoms with Crippen LogP contribution in [0, 0.1) is 13.8 Å². The molecule has 140 valence electrons. The lowest BCUT2D eigenvalue weighted by Crippen LogP contribution is -2.27. The van der Waals surface area contributed by atoms with Gasteiger partial charge in [0.15, 0.2) is 0 Å². The highest BCUT2D eigenvalue weighted by Crippen LogP contribution is 2.09. The third-order valence-electron chi connectivity index (χ3n) is 3.44. The maximum absolute atomic E-state index is 12.0. The Bertz CT molecular complexity index is 848. The molecule has 0 saturated carbocycles. The molecule has 0 atom stereocenters. The number of nitrogens with zero attached hydrogens (tertiary/aromatic N) is 2. The van der Waals surface area contributed by atoms with Gasteiger partial charge in [-0.05, 0) is 32.4 Å². The Balaban J connectivity index is 1.84. The Labute approximate surface area is 155 Å². The monoisotopic (exact) mass is 375 g/mol. The summed E-state index contributed by atoms with van der Waals surface area (Å²) >= 11 is 0. The summed E-state index contributed by atoms with van der Waals surface area (Å²) in [6, 6.07) is 9.45. The second-order valence-electron chi connectivity index (χ2n) is 5.83. The summed E-state index contributed by atoms with van der Waals surface area (Å²) in [6.07, 6.45) is 1.58. The Kier molecular flexibility index (Phi) is 7.11. The predicted octanol–water partition coefficient (Wildman–Crippen LogP) is 2.53. The number of hydrogen-bond acceptors (Lipinski definition) is 6. The average molecular weight is 375 g/mol. The van der Waals surface area contributed by atoms with Gasteiger partial charge in [0.25, 0.3) is 0 Å². The molecule has 0 bridgehead atoms. The molecular weight excluding hydrogens is 350 g/mol. The van der Waals surface area contributed by atoms with Crippen molar-refractivity contribution in [1.82, 2.24) is 14.7 Å². The van der Waals surface area contributed by atoms with Crippen molar-refractivity contribution in [2.75, 3.05) is 30.3 Å². The number of rotatable bonds is 9. The zero-order valence-corrected chi connectivity index (χ0v) is 16.1. The number of aryl methyl sites for hydroxylation is 2. The molecule has 8 heteroatoms. The molecule has 1 aromatic carbocycles. The summed E-state index contributed by atoms with van der Waals surface area (Å²) in [5.74, 6) is 1.21. The van der Waals surface area contributed by atoms with Crippen molar-refractivity contribution in [2.24, 2.45) is 0 Å². The normalized spacial score (nSPS) is 11.7. The second kappa shape index (κ2) is 9.30. The first-order valence-corrected chi connectivity index (χ1v) is 10.0. The summed E-state index contributed by atoms with van der Waals surface area (Å²) in [7, 11) is -3.48. The molecule has 0 aliphatic heterocycles. The number of sulfonamides is 1. The smallest absolute Gasteiger partial charge is 0.233 e. The minimum Gasteiger partial charge on any atom is -0.369 e. The van der Waals surface area contributed by atoms with Gasteiger partial charge in [-0.1, -0.05) is 29.8 Å². The molecule has 26 heavy (non-hydrogen) atoms. The molecule has 0 spiro atoms. The highest BCUT2D eigenvalue weighted by Gasteiger charge is 2.05.